The Hall–Kier alpha value is -2.57. The summed E-state index contributed by atoms with van der Waals surface area (Å²) in [6.07, 6.45) is 1.76. The highest BCUT2D eigenvalue weighted by Crippen LogP contribution is 2.46. The molecule has 4 nitrogen and oxygen atoms in total. The minimum absolute atomic E-state index is 0.0379. The standard InChI is InChI=1S/C22H19FN2O2S/c23-17-7-4-15(5-8-17)16-6-9-21-19(11-16)20-13-25(14-22(20)28(21,26)27)12-18-3-1-2-10-24-18/h1-11,20,22H,12-14H2/t20-,22+/m1/s1. The highest BCUT2D eigenvalue weighted by molar-refractivity contribution is 7.92. The van der Waals surface area contributed by atoms with Gasteiger partial charge in [-0.3, -0.25) is 9.88 Å². The molecule has 0 spiro atoms. The maximum atomic E-state index is 13.2. The van der Waals surface area contributed by atoms with Crippen LogP contribution < -0.4 is 0 Å². The lowest BCUT2D eigenvalue weighted by Gasteiger charge is -2.17. The molecule has 0 aliphatic carbocycles. The molecule has 1 aromatic heterocycles. The lowest BCUT2D eigenvalue weighted by atomic mass is 9.94. The average Bonchev–Trinajstić information content (AvgIpc) is 3.21. The van der Waals surface area contributed by atoms with Gasteiger partial charge in [-0.25, -0.2) is 12.8 Å². The minimum atomic E-state index is -3.34. The topological polar surface area (TPSA) is 50.3 Å². The zero-order chi connectivity index (χ0) is 19.3. The summed E-state index contributed by atoms with van der Waals surface area (Å²) in [5, 5.41) is -0.408. The molecule has 2 aliphatic heterocycles. The van der Waals surface area contributed by atoms with Crippen molar-refractivity contribution < 1.29 is 12.8 Å². The molecule has 5 rings (SSSR count). The number of nitrogens with zero attached hydrogens (tertiary/aromatic N) is 2. The number of benzene rings is 2. The molecule has 1 fully saturated rings. The molecule has 0 radical (unpaired) electrons. The van der Waals surface area contributed by atoms with Crippen LogP contribution in [0.15, 0.2) is 71.8 Å². The van der Waals surface area contributed by atoms with Crippen LogP contribution in [0.25, 0.3) is 11.1 Å². The van der Waals surface area contributed by atoms with Gasteiger partial charge in [0.05, 0.1) is 15.8 Å². The zero-order valence-corrected chi connectivity index (χ0v) is 15.9. The summed E-state index contributed by atoms with van der Waals surface area (Å²) < 4.78 is 39.4. The number of halogens is 1. The van der Waals surface area contributed by atoms with E-state index in [0.717, 1.165) is 22.4 Å². The van der Waals surface area contributed by atoms with Crippen molar-refractivity contribution in [2.24, 2.45) is 0 Å². The van der Waals surface area contributed by atoms with Gasteiger partial charge >= 0.3 is 0 Å². The number of fused-ring (bicyclic) bond motifs is 3. The highest BCUT2D eigenvalue weighted by atomic mass is 32.2. The molecule has 0 N–H and O–H groups in total. The molecule has 2 aliphatic rings. The molecule has 2 atom stereocenters. The second-order valence-electron chi connectivity index (χ2n) is 7.46. The first-order chi connectivity index (χ1) is 13.5. The van der Waals surface area contributed by atoms with Gasteiger partial charge < -0.3 is 0 Å². The third-order valence-corrected chi connectivity index (χ3v) is 8.01. The van der Waals surface area contributed by atoms with E-state index >= 15 is 0 Å². The maximum Gasteiger partial charge on any atom is 0.183 e. The van der Waals surface area contributed by atoms with Crippen LogP contribution >= 0.6 is 0 Å². The molecule has 3 aromatic rings. The van der Waals surface area contributed by atoms with Crippen molar-refractivity contribution >= 4 is 9.84 Å². The van der Waals surface area contributed by atoms with Gasteiger partial charge in [0.25, 0.3) is 0 Å². The quantitative estimate of drug-likeness (QED) is 0.681. The fourth-order valence-corrected chi connectivity index (χ4v) is 6.59. The summed E-state index contributed by atoms with van der Waals surface area (Å²) in [5.74, 6) is -0.322. The lowest BCUT2D eigenvalue weighted by molar-refractivity contribution is 0.321. The molecule has 142 valence electrons. The van der Waals surface area contributed by atoms with E-state index in [4.69, 9.17) is 0 Å². The van der Waals surface area contributed by atoms with E-state index in [0.29, 0.717) is 24.5 Å². The van der Waals surface area contributed by atoms with Crippen LogP contribution in [-0.2, 0) is 16.4 Å². The second kappa shape index (κ2) is 6.50. The molecule has 0 saturated carbocycles. The fraction of sp³-hybridized carbons (Fsp3) is 0.227. The van der Waals surface area contributed by atoms with Crippen LogP contribution in [0, 0.1) is 5.82 Å². The van der Waals surface area contributed by atoms with Crippen molar-refractivity contribution in [3.63, 3.8) is 0 Å². The number of rotatable bonds is 3. The van der Waals surface area contributed by atoms with Crippen LogP contribution in [0.5, 0.6) is 0 Å². The number of likely N-dealkylation sites (tertiary alicyclic amines) is 1. The summed E-state index contributed by atoms with van der Waals surface area (Å²) in [6, 6.07) is 17.6. The lowest BCUT2D eigenvalue weighted by Crippen LogP contribution is -2.26. The molecule has 2 aromatic carbocycles. The molecular weight excluding hydrogens is 375 g/mol. The first-order valence-corrected chi connectivity index (χ1v) is 10.8. The molecule has 3 heterocycles. The number of aromatic nitrogens is 1. The predicted octanol–water partition coefficient (Wildman–Crippen LogP) is 3.64. The molecule has 1 saturated heterocycles. The molecule has 6 heteroatoms. The largest absolute Gasteiger partial charge is 0.296 e. The SMILES string of the molecule is O=S1(=O)c2ccc(-c3ccc(F)cc3)cc2[C@H]2CN(Cc3ccccn3)C[C@@H]21. The number of hydrogen-bond acceptors (Lipinski definition) is 4. The van der Waals surface area contributed by atoms with E-state index in [2.05, 4.69) is 9.88 Å². The van der Waals surface area contributed by atoms with E-state index in [1.54, 1.807) is 24.4 Å². The molecule has 0 unspecified atom stereocenters. The van der Waals surface area contributed by atoms with Gasteiger partial charge in [0.15, 0.2) is 9.84 Å². The second-order valence-corrected chi connectivity index (χ2v) is 9.60. The Labute approximate surface area is 163 Å². The summed E-state index contributed by atoms with van der Waals surface area (Å²) >= 11 is 0. The van der Waals surface area contributed by atoms with Gasteiger partial charge in [0.2, 0.25) is 0 Å². The molecular formula is C22H19FN2O2S. The van der Waals surface area contributed by atoms with Crippen LogP contribution in [-0.4, -0.2) is 36.6 Å². The Bertz CT molecular complexity index is 1130. The van der Waals surface area contributed by atoms with Gasteiger partial charge in [-0.1, -0.05) is 24.3 Å². The van der Waals surface area contributed by atoms with Crippen LogP contribution in [0.2, 0.25) is 0 Å². The predicted molar refractivity (Wildman–Crippen MR) is 105 cm³/mol. The van der Waals surface area contributed by atoms with Crippen molar-refractivity contribution in [2.45, 2.75) is 22.6 Å². The Kier molecular flexibility index (Phi) is 4.07. The number of hydrogen-bond donors (Lipinski definition) is 0. The minimum Gasteiger partial charge on any atom is -0.296 e. The van der Waals surface area contributed by atoms with E-state index in [-0.39, 0.29) is 11.7 Å². The van der Waals surface area contributed by atoms with Crippen molar-refractivity contribution in [1.82, 2.24) is 9.88 Å². The van der Waals surface area contributed by atoms with Crippen LogP contribution in [0.3, 0.4) is 0 Å². The van der Waals surface area contributed by atoms with Crippen LogP contribution in [0.1, 0.15) is 17.2 Å². The summed E-state index contributed by atoms with van der Waals surface area (Å²) in [4.78, 5) is 6.98. The van der Waals surface area contributed by atoms with Gasteiger partial charge in [-0.15, -0.1) is 0 Å². The van der Waals surface area contributed by atoms with Gasteiger partial charge in [0, 0.05) is 31.7 Å². The highest BCUT2D eigenvalue weighted by Gasteiger charge is 2.50. The van der Waals surface area contributed by atoms with Crippen molar-refractivity contribution in [1.29, 1.82) is 0 Å². The van der Waals surface area contributed by atoms with Crippen molar-refractivity contribution in [2.75, 3.05) is 13.1 Å². The average molecular weight is 394 g/mol. The zero-order valence-electron chi connectivity index (χ0n) is 15.1. The van der Waals surface area contributed by atoms with Gasteiger partial charge in [-0.2, -0.15) is 0 Å². The van der Waals surface area contributed by atoms with E-state index < -0.39 is 15.1 Å². The van der Waals surface area contributed by atoms with Crippen LogP contribution in [0.4, 0.5) is 4.39 Å². The van der Waals surface area contributed by atoms with Crippen molar-refractivity contribution in [3.8, 4) is 11.1 Å². The number of pyridine rings is 1. The van der Waals surface area contributed by atoms with E-state index in [1.807, 2.05) is 30.3 Å². The molecule has 0 bridgehead atoms. The first kappa shape index (κ1) is 17.5. The van der Waals surface area contributed by atoms with Gasteiger partial charge in [0.1, 0.15) is 5.82 Å². The Morgan fingerprint density at radius 2 is 1.79 bits per heavy atom. The third kappa shape index (κ3) is 2.84. The summed E-state index contributed by atoms with van der Waals surface area (Å²) in [7, 11) is -3.34. The van der Waals surface area contributed by atoms with E-state index in [9.17, 15) is 12.8 Å². The number of sulfone groups is 1. The fourth-order valence-electron chi connectivity index (χ4n) is 4.40. The Morgan fingerprint density at radius 3 is 2.54 bits per heavy atom. The normalized spacial score (nSPS) is 22.8. The Morgan fingerprint density at radius 1 is 1.00 bits per heavy atom. The Balaban J connectivity index is 1.48. The molecule has 28 heavy (non-hydrogen) atoms. The molecule has 0 amide bonds. The van der Waals surface area contributed by atoms with Gasteiger partial charge in [-0.05, 0) is 53.1 Å². The summed E-state index contributed by atoms with van der Waals surface area (Å²) in [6.45, 7) is 1.86. The van der Waals surface area contributed by atoms with Crippen molar-refractivity contribution in [3.05, 3.63) is 83.9 Å². The maximum absolute atomic E-state index is 13.2. The first-order valence-electron chi connectivity index (χ1n) is 9.28. The van der Waals surface area contributed by atoms with E-state index in [1.165, 1.54) is 12.1 Å². The smallest absolute Gasteiger partial charge is 0.183 e. The monoisotopic (exact) mass is 394 g/mol. The summed E-state index contributed by atoms with van der Waals surface area (Å²) in [5.41, 5.74) is 3.63. The third-order valence-electron chi connectivity index (χ3n) is 5.75.